The predicted octanol–water partition coefficient (Wildman–Crippen LogP) is 2.50. The van der Waals surface area contributed by atoms with Crippen LogP contribution in [0.25, 0.3) is 0 Å². The van der Waals surface area contributed by atoms with Crippen molar-refractivity contribution in [2.45, 2.75) is 45.6 Å². The van der Waals surface area contributed by atoms with Crippen molar-refractivity contribution in [1.29, 1.82) is 0 Å². The van der Waals surface area contributed by atoms with E-state index in [1.165, 1.54) is 0 Å². The van der Waals surface area contributed by atoms with E-state index in [-0.39, 0.29) is 23.4 Å². The van der Waals surface area contributed by atoms with Crippen LogP contribution >= 0.6 is 0 Å². The van der Waals surface area contributed by atoms with Gasteiger partial charge in [0.2, 0.25) is 0 Å². The fraction of sp³-hybridized carbons (Fsp3) is 0.733. The summed E-state index contributed by atoms with van der Waals surface area (Å²) in [6, 6.07) is 0. The lowest BCUT2D eigenvalue weighted by Gasteiger charge is -2.32. The standard InChI is InChI=1S/C15H20O3/c1-8-6-12-10(9(2)14(17)18-12)7-15(3)11(8)4-5-13(15)16/h8,10-12H,2,4-7H2,1,3H3/t8-,10+,11-,12-,15-/m0/s1. The smallest absolute Gasteiger partial charge is 0.334 e. The number of carbonyl (C=O) groups is 2. The molecule has 3 aliphatic rings. The first-order valence-electron chi connectivity index (χ1n) is 6.86. The van der Waals surface area contributed by atoms with E-state index in [0.29, 0.717) is 29.6 Å². The summed E-state index contributed by atoms with van der Waals surface area (Å²) in [6.07, 6.45) is 3.27. The molecule has 0 spiro atoms. The van der Waals surface area contributed by atoms with Crippen molar-refractivity contribution in [1.82, 2.24) is 0 Å². The zero-order valence-corrected chi connectivity index (χ0v) is 11.1. The summed E-state index contributed by atoms with van der Waals surface area (Å²) in [5.74, 6) is 1.05. The Morgan fingerprint density at radius 3 is 2.83 bits per heavy atom. The van der Waals surface area contributed by atoms with Crippen LogP contribution in [0.1, 0.15) is 39.5 Å². The van der Waals surface area contributed by atoms with Crippen LogP contribution in [-0.4, -0.2) is 17.9 Å². The third-order valence-electron chi connectivity index (χ3n) is 5.49. The van der Waals surface area contributed by atoms with Crippen LogP contribution < -0.4 is 0 Å². The molecule has 0 unspecified atom stereocenters. The van der Waals surface area contributed by atoms with Crippen molar-refractivity contribution in [3.8, 4) is 0 Å². The van der Waals surface area contributed by atoms with Gasteiger partial charge in [-0.1, -0.05) is 20.4 Å². The molecular weight excluding hydrogens is 228 g/mol. The normalized spacial score (nSPS) is 47.6. The maximum absolute atomic E-state index is 12.2. The highest BCUT2D eigenvalue weighted by molar-refractivity contribution is 5.92. The third kappa shape index (κ3) is 1.42. The molecular formula is C15H20O3. The molecule has 18 heavy (non-hydrogen) atoms. The fourth-order valence-electron chi connectivity index (χ4n) is 4.40. The van der Waals surface area contributed by atoms with Gasteiger partial charge < -0.3 is 4.74 Å². The lowest BCUT2D eigenvalue weighted by molar-refractivity contribution is -0.139. The van der Waals surface area contributed by atoms with E-state index in [1.54, 1.807) is 0 Å². The molecule has 1 heterocycles. The molecule has 0 aromatic rings. The van der Waals surface area contributed by atoms with Gasteiger partial charge in [0.05, 0.1) is 0 Å². The van der Waals surface area contributed by atoms with Gasteiger partial charge in [-0.15, -0.1) is 0 Å². The first-order chi connectivity index (χ1) is 8.43. The van der Waals surface area contributed by atoms with Gasteiger partial charge in [-0.2, -0.15) is 0 Å². The Balaban J connectivity index is 1.98. The minimum atomic E-state index is -0.268. The summed E-state index contributed by atoms with van der Waals surface area (Å²) in [4.78, 5) is 23.9. The number of fused-ring (bicyclic) bond motifs is 2. The first-order valence-corrected chi connectivity index (χ1v) is 6.86. The molecule has 0 amide bonds. The minimum Gasteiger partial charge on any atom is -0.458 e. The summed E-state index contributed by atoms with van der Waals surface area (Å²) in [5.41, 5.74) is 0.309. The van der Waals surface area contributed by atoms with Crippen LogP contribution in [0.3, 0.4) is 0 Å². The van der Waals surface area contributed by atoms with Crippen LogP contribution in [0.2, 0.25) is 0 Å². The van der Waals surface area contributed by atoms with Crippen LogP contribution in [-0.2, 0) is 14.3 Å². The quantitative estimate of drug-likeness (QED) is 0.488. The molecule has 0 aromatic heterocycles. The number of hydrogen-bond donors (Lipinski definition) is 0. The Bertz CT molecular complexity index is 439. The molecule has 0 bridgehead atoms. The maximum atomic E-state index is 12.2. The summed E-state index contributed by atoms with van der Waals surface area (Å²) in [6.45, 7) is 8.15. The summed E-state index contributed by atoms with van der Waals surface area (Å²) >= 11 is 0. The SMILES string of the molecule is C=C1C(=O)O[C@H]2C[C@H](C)[C@@H]3CCC(=O)[C@@]3(C)C[C@H]12. The third-order valence-corrected chi connectivity index (χ3v) is 5.49. The number of Topliss-reactive ketones (excluding diaryl/α,β-unsaturated/α-hetero) is 1. The molecule has 0 aromatic carbocycles. The molecule has 1 aliphatic heterocycles. The van der Waals surface area contributed by atoms with E-state index in [2.05, 4.69) is 20.4 Å². The topological polar surface area (TPSA) is 43.4 Å². The Labute approximate surface area is 108 Å². The van der Waals surface area contributed by atoms with Gasteiger partial charge >= 0.3 is 5.97 Å². The van der Waals surface area contributed by atoms with Crippen molar-refractivity contribution < 1.29 is 14.3 Å². The molecule has 3 fully saturated rings. The Hall–Kier alpha value is -1.12. The summed E-state index contributed by atoms with van der Waals surface area (Å²) in [5, 5.41) is 0. The second-order valence-corrected chi connectivity index (χ2v) is 6.48. The Morgan fingerprint density at radius 2 is 2.11 bits per heavy atom. The lowest BCUT2D eigenvalue weighted by atomic mass is 9.70. The zero-order valence-electron chi connectivity index (χ0n) is 11.1. The minimum absolute atomic E-state index is 0.0461. The number of carbonyl (C=O) groups excluding carboxylic acids is 2. The van der Waals surface area contributed by atoms with Crippen LogP contribution in [0.5, 0.6) is 0 Å². The highest BCUT2D eigenvalue weighted by Crippen LogP contribution is 2.55. The number of esters is 1. The van der Waals surface area contributed by atoms with Gasteiger partial charge in [0.15, 0.2) is 0 Å². The molecule has 5 atom stereocenters. The van der Waals surface area contributed by atoms with E-state index < -0.39 is 0 Å². The molecule has 2 saturated carbocycles. The molecule has 3 nitrogen and oxygen atoms in total. The molecule has 0 radical (unpaired) electrons. The van der Waals surface area contributed by atoms with Gasteiger partial charge in [0, 0.05) is 23.3 Å². The number of ketones is 1. The van der Waals surface area contributed by atoms with Crippen molar-refractivity contribution in [2.75, 3.05) is 0 Å². The molecule has 98 valence electrons. The summed E-state index contributed by atoms with van der Waals surface area (Å²) in [7, 11) is 0. The molecule has 3 rings (SSSR count). The monoisotopic (exact) mass is 248 g/mol. The number of rotatable bonds is 0. The zero-order chi connectivity index (χ0) is 13.1. The van der Waals surface area contributed by atoms with Crippen molar-refractivity contribution in [3.63, 3.8) is 0 Å². The Kier molecular flexibility index (Phi) is 2.45. The van der Waals surface area contributed by atoms with E-state index in [9.17, 15) is 9.59 Å². The molecule has 3 heteroatoms. The van der Waals surface area contributed by atoms with E-state index >= 15 is 0 Å². The van der Waals surface area contributed by atoms with Crippen molar-refractivity contribution in [2.24, 2.45) is 23.2 Å². The first kappa shape index (κ1) is 11.9. The lowest BCUT2D eigenvalue weighted by Crippen LogP contribution is -2.32. The van der Waals surface area contributed by atoms with Gasteiger partial charge in [-0.3, -0.25) is 4.79 Å². The van der Waals surface area contributed by atoms with Gasteiger partial charge in [0.25, 0.3) is 0 Å². The van der Waals surface area contributed by atoms with Crippen molar-refractivity contribution in [3.05, 3.63) is 12.2 Å². The van der Waals surface area contributed by atoms with E-state index in [1.807, 2.05) is 0 Å². The number of ether oxygens (including phenoxy) is 1. The van der Waals surface area contributed by atoms with E-state index in [0.717, 1.165) is 19.3 Å². The molecule has 2 aliphatic carbocycles. The highest BCUT2D eigenvalue weighted by Gasteiger charge is 2.55. The van der Waals surface area contributed by atoms with Crippen LogP contribution in [0, 0.1) is 23.2 Å². The van der Waals surface area contributed by atoms with E-state index in [4.69, 9.17) is 4.74 Å². The Morgan fingerprint density at radius 1 is 1.39 bits per heavy atom. The highest BCUT2D eigenvalue weighted by atomic mass is 16.6. The predicted molar refractivity (Wildman–Crippen MR) is 66.7 cm³/mol. The van der Waals surface area contributed by atoms with Gasteiger partial charge in [0.1, 0.15) is 11.9 Å². The van der Waals surface area contributed by atoms with Gasteiger partial charge in [-0.05, 0) is 31.1 Å². The fourth-order valence-corrected chi connectivity index (χ4v) is 4.40. The largest absolute Gasteiger partial charge is 0.458 e. The average Bonchev–Trinajstić information content (AvgIpc) is 2.69. The second-order valence-electron chi connectivity index (χ2n) is 6.48. The second kappa shape index (κ2) is 3.69. The summed E-state index contributed by atoms with van der Waals surface area (Å²) < 4.78 is 5.42. The van der Waals surface area contributed by atoms with Crippen LogP contribution in [0.15, 0.2) is 12.2 Å². The van der Waals surface area contributed by atoms with Crippen LogP contribution in [0.4, 0.5) is 0 Å². The number of hydrogen-bond acceptors (Lipinski definition) is 3. The average molecular weight is 248 g/mol. The van der Waals surface area contributed by atoms with Crippen molar-refractivity contribution >= 4 is 11.8 Å². The van der Waals surface area contributed by atoms with Gasteiger partial charge in [-0.25, -0.2) is 4.79 Å². The molecule has 0 N–H and O–H groups in total. The molecule has 1 saturated heterocycles. The maximum Gasteiger partial charge on any atom is 0.334 e.